The maximum atomic E-state index is 13.5. The first-order chi connectivity index (χ1) is 10.0. The van der Waals surface area contributed by atoms with Gasteiger partial charge in [0.15, 0.2) is 0 Å². The Balaban J connectivity index is 2.09. The van der Waals surface area contributed by atoms with Crippen LogP contribution in [-0.4, -0.2) is 31.4 Å². The summed E-state index contributed by atoms with van der Waals surface area (Å²) in [6, 6.07) is 5.29. The molecule has 1 aromatic carbocycles. The molecule has 0 aliphatic carbocycles. The first-order valence-electron chi connectivity index (χ1n) is 6.41. The lowest BCUT2D eigenvalue weighted by Gasteiger charge is -2.24. The largest absolute Gasteiger partial charge is 0.350 e. The molecule has 0 radical (unpaired) electrons. The standard InChI is InChI=1S/C15H16F2N2OS/c1-19(2)13(10-6-7-21-9-10)8-18-15(20)14-11(16)4-3-5-12(14)17/h3-7,9,13H,8H2,1-2H3,(H,18,20)/t13-/m0/s1. The third-order valence-corrected chi connectivity index (χ3v) is 3.90. The number of nitrogens with one attached hydrogen (secondary N) is 1. The molecule has 1 amide bonds. The number of hydrogen-bond donors (Lipinski definition) is 1. The van der Waals surface area contributed by atoms with Crippen molar-refractivity contribution >= 4 is 17.2 Å². The average Bonchev–Trinajstić information content (AvgIpc) is 2.92. The number of nitrogens with zero attached hydrogens (tertiary/aromatic N) is 1. The Morgan fingerprint density at radius 3 is 2.48 bits per heavy atom. The summed E-state index contributed by atoms with van der Waals surface area (Å²) in [6.07, 6.45) is 0. The lowest BCUT2D eigenvalue weighted by atomic mass is 10.1. The van der Waals surface area contributed by atoms with Crippen LogP contribution in [0.5, 0.6) is 0 Å². The van der Waals surface area contributed by atoms with Crippen LogP contribution in [0.4, 0.5) is 8.78 Å². The van der Waals surface area contributed by atoms with E-state index in [0.29, 0.717) is 0 Å². The van der Waals surface area contributed by atoms with E-state index < -0.39 is 23.1 Å². The number of hydrogen-bond acceptors (Lipinski definition) is 3. The zero-order valence-corrected chi connectivity index (χ0v) is 12.6. The van der Waals surface area contributed by atoms with Gasteiger partial charge < -0.3 is 10.2 Å². The molecule has 0 fully saturated rings. The Bertz CT molecular complexity index is 594. The summed E-state index contributed by atoms with van der Waals surface area (Å²) in [7, 11) is 3.77. The monoisotopic (exact) mass is 310 g/mol. The van der Waals surface area contributed by atoms with Crippen molar-refractivity contribution < 1.29 is 13.6 Å². The highest BCUT2D eigenvalue weighted by atomic mass is 32.1. The van der Waals surface area contributed by atoms with Crippen molar-refractivity contribution in [3.8, 4) is 0 Å². The molecule has 0 unspecified atom stereocenters. The van der Waals surface area contributed by atoms with Crippen LogP contribution in [-0.2, 0) is 0 Å². The third-order valence-electron chi connectivity index (χ3n) is 3.20. The molecule has 1 atom stereocenters. The van der Waals surface area contributed by atoms with E-state index in [1.54, 1.807) is 11.3 Å². The number of rotatable bonds is 5. The van der Waals surface area contributed by atoms with Gasteiger partial charge in [-0.2, -0.15) is 11.3 Å². The van der Waals surface area contributed by atoms with Gasteiger partial charge in [0.05, 0.1) is 6.04 Å². The molecule has 21 heavy (non-hydrogen) atoms. The summed E-state index contributed by atoms with van der Waals surface area (Å²) in [4.78, 5) is 13.9. The number of thiophene rings is 1. The zero-order chi connectivity index (χ0) is 15.4. The normalized spacial score (nSPS) is 12.4. The van der Waals surface area contributed by atoms with Crippen LogP contribution in [0.1, 0.15) is 22.0 Å². The van der Waals surface area contributed by atoms with Gasteiger partial charge in [0.1, 0.15) is 17.2 Å². The minimum atomic E-state index is -0.857. The SMILES string of the molecule is CN(C)[C@@H](CNC(=O)c1c(F)cccc1F)c1ccsc1. The van der Waals surface area contributed by atoms with Crippen molar-refractivity contribution in [1.82, 2.24) is 10.2 Å². The van der Waals surface area contributed by atoms with Gasteiger partial charge in [0.2, 0.25) is 0 Å². The van der Waals surface area contributed by atoms with Crippen molar-refractivity contribution in [2.75, 3.05) is 20.6 Å². The summed E-state index contributed by atoms with van der Waals surface area (Å²) < 4.78 is 27.1. The predicted molar refractivity (Wildman–Crippen MR) is 79.4 cm³/mol. The Labute approximate surface area is 126 Å². The van der Waals surface area contributed by atoms with Crippen LogP contribution in [0.25, 0.3) is 0 Å². The lowest BCUT2D eigenvalue weighted by molar-refractivity contribution is 0.0933. The topological polar surface area (TPSA) is 32.3 Å². The van der Waals surface area contributed by atoms with E-state index >= 15 is 0 Å². The fraction of sp³-hybridized carbons (Fsp3) is 0.267. The minimum absolute atomic E-state index is 0.0463. The van der Waals surface area contributed by atoms with Gasteiger partial charge in [0.25, 0.3) is 5.91 Å². The third kappa shape index (κ3) is 3.65. The molecule has 1 aromatic heterocycles. The summed E-state index contributed by atoms with van der Waals surface area (Å²) >= 11 is 1.56. The Kier molecular flexibility index (Phi) is 5.03. The van der Waals surface area contributed by atoms with Gasteiger partial charge in [-0.3, -0.25) is 4.79 Å². The molecule has 112 valence electrons. The van der Waals surface area contributed by atoms with E-state index in [2.05, 4.69) is 5.32 Å². The van der Waals surface area contributed by atoms with Crippen LogP contribution in [0, 0.1) is 11.6 Å². The van der Waals surface area contributed by atoms with Gasteiger partial charge >= 0.3 is 0 Å². The highest BCUT2D eigenvalue weighted by Gasteiger charge is 2.20. The molecule has 0 aliphatic rings. The fourth-order valence-electron chi connectivity index (χ4n) is 2.06. The van der Waals surface area contributed by atoms with E-state index in [-0.39, 0.29) is 12.6 Å². The number of carbonyl (C=O) groups is 1. The molecular formula is C15H16F2N2OS. The van der Waals surface area contributed by atoms with Crippen LogP contribution >= 0.6 is 11.3 Å². The van der Waals surface area contributed by atoms with Gasteiger partial charge in [-0.05, 0) is 48.6 Å². The number of carbonyl (C=O) groups excluding carboxylic acids is 1. The molecular weight excluding hydrogens is 294 g/mol. The molecule has 1 heterocycles. The van der Waals surface area contributed by atoms with E-state index in [4.69, 9.17) is 0 Å². The molecule has 0 saturated carbocycles. The van der Waals surface area contributed by atoms with E-state index in [0.717, 1.165) is 17.7 Å². The van der Waals surface area contributed by atoms with Crippen molar-refractivity contribution in [2.24, 2.45) is 0 Å². The van der Waals surface area contributed by atoms with Crippen molar-refractivity contribution in [2.45, 2.75) is 6.04 Å². The summed E-state index contributed by atoms with van der Waals surface area (Å²) in [6.45, 7) is 0.274. The van der Waals surface area contributed by atoms with Crippen molar-refractivity contribution in [3.63, 3.8) is 0 Å². The average molecular weight is 310 g/mol. The maximum Gasteiger partial charge on any atom is 0.257 e. The van der Waals surface area contributed by atoms with Gasteiger partial charge in [-0.25, -0.2) is 8.78 Å². The Morgan fingerprint density at radius 2 is 1.95 bits per heavy atom. The quantitative estimate of drug-likeness (QED) is 0.920. The first-order valence-corrected chi connectivity index (χ1v) is 7.35. The molecule has 6 heteroatoms. The highest BCUT2D eigenvalue weighted by molar-refractivity contribution is 7.07. The lowest BCUT2D eigenvalue weighted by Crippen LogP contribution is -2.35. The van der Waals surface area contributed by atoms with Crippen LogP contribution in [0.15, 0.2) is 35.0 Å². The second kappa shape index (κ2) is 6.78. The highest BCUT2D eigenvalue weighted by Crippen LogP contribution is 2.20. The van der Waals surface area contributed by atoms with E-state index in [1.165, 1.54) is 6.07 Å². The van der Waals surface area contributed by atoms with Gasteiger partial charge in [-0.15, -0.1) is 0 Å². The number of halogens is 2. The molecule has 0 spiro atoms. The first kappa shape index (κ1) is 15.6. The molecule has 2 aromatic rings. The number of amides is 1. The van der Waals surface area contributed by atoms with E-state index in [1.807, 2.05) is 35.8 Å². The maximum absolute atomic E-state index is 13.5. The number of likely N-dealkylation sites (N-methyl/N-ethyl adjacent to an activating group) is 1. The molecule has 1 N–H and O–H groups in total. The van der Waals surface area contributed by atoms with Crippen LogP contribution in [0.2, 0.25) is 0 Å². The minimum Gasteiger partial charge on any atom is -0.350 e. The molecule has 3 nitrogen and oxygen atoms in total. The van der Waals surface area contributed by atoms with Gasteiger partial charge in [-0.1, -0.05) is 6.07 Å². The zero-order valence-electron chi connectivity index (χ0n) is 11.8. The van der Waals surface area contributed by atoms with Crippen molar-refractivity contribution in [3.05, 3.63) is 57.8 Å². The molecule has 0 saturated heterocycles. The molecule has 0 bridgehead atoms. The summed E-state index contributed by atoms with van der Waals surface area (Å²) in [5, 5.41) is 6.53. The fourth-order valence-corrected chi connectivity index (χ4v) is 2.76. The van der Waals surface area contributed by atoms with Crippen molar-refractivity contribution in [1.29, 1.82) is 0 Å². The molecule has 2 rings (SSSR count). The van der Waals surface area contributed by atoms with Gasteiger partial charge in [0, 0.05) is 6.54 Å². The number of benzene rings is 1. The summed E-state index contributed by atoms with van der Waals surface area (Å²) in [5.41, 5.74) is 0.514. The van der Waals surface area contributed by atoms with Crippen LogP contribution in [0.3, 0.4) is 0 Å². The molecule has 0 aliphatic heterocycles. The predicted octanol–water partition coefficient (Wildman–Crippen LogP) is 3.06. The second-order valence-electron chi connectivity index (χ2n) is 4.84. The Morgan fingerprint density at radius 1 is 1.29 bits per heavy atom. The smallest absolute Gasteiger partial charge is 0.257 e. The Hall–Kier alpha value is -1.79. The summed E-state index contributed by atoms with van der Waals surface area (Å²) in [5.74, 6) is -2.46. The van der Waals surface area contributed by atoms with E-state index in [9.17, 15) is 13.6 Å². The van der Waals surface area contributed by atoms with Crippen LogP contribution < -0.4 is 5.32 Å². The second-order valence-corrected chi connectivity index (χ2v) is 5.62.